The molecule has 0 unspecified atom stereocenters. The summed E-state index contributed by atoms with van der Waals surface area (Å²) in [5.74, 6) is 0. The summed E-state index contributed by atoms with van der Waals surface area (Å²) >= 11 is 0. The first-order chi connectivity index (χ1) is 6.56. The van der Waals surface area contributed by atoms with E-state index in [2.05, 4.69) is 0 Å². The summed E-state index contributed by atoms with van der Waals surface area (Å²) in [7, 11) is -10.6. The minimum absolute atomic E-state index is 0.0171. The highest BCUT2D eigenvalue weighted by molar-refractivity contribution is 7.72. The summed E-state index contributed by atoms with van der Waals surface area (Å²) in [6.07, 6.45) is -0.371. The van der Waals surface area contributed by atoms with E-state index < -0.39 is 26.7 Å². The van der Waals surface area contributed by atoms with E-state index in [0.717, 1.165) is 0 Å². The summed E-state index contributed by atoms with van der Waals surface area (Å²) in [4.78, 5) is 34.8. The highest BCUT2D eigenvalue weighted by Crippen LogP contribution is 2.69. The number of rotatable bonds is 6. The summed E-state index contributed by atoms with van der Waals surface area (Å²) in [5, 5.41) is 6.05. The zero-order valence-electron chi connectivity index (χ0n) is 7.85. The van der Waals surface area contributed by atoms with E-state index in [0.29, 0.717) is 6.42 Å². The van der Waals surface area contributed by atoms with Crippen molar-refractivity contribution in [2.45, 2.75) is 24.3 Å². The second-order valence-electron chi connectivity index (χ2n) is 3.11. The fourth-order valence-corrected chi connectivity index (χ4v) is 3.22. The molecule has 0 atom stereocenters. The predicted molar refractivity (Wildman–Crippen MR) is 51.9 cm³/mol. The van der Waals surface area contributed by atoms with E-state index in [4.69, 9.17) is 25.3 Å². The minimum atomic E-state index is -5.30. The first-order valence-electron chi connectivity index (χ1n) is 4.10. The Balaban J connectivity index is 4.91. The van der Waals surface area contributed by atoms with Gasteiger partial charge in [0.15, 0.2) is 0 Å². The van der Waals surface area contributed by atoms with Crippen LogP contribution in [0.15, 0.2) is 0 Å². The van der Waals surface area contributed by atoms with Crippen LogP contribution in [0.3, 0.4) is 0 Å². The molecule has 0 spiro atoms. The Hall–Kier alpha value is 0.220. The van der Waals surface area contributed by atoms with Crippen LogP contribution in [0.2, 0.25) is 0 Å². The molecule has 0 amide bonds. The standard InChI is InChI=1S/C5H15NO7P2/c6-4-2-1-3-5(7,14(8,9)10)15(11,12)13/h7H,1-4,6H2,(H2,8,9,10)(H2,11,12,13). The van der Waals surface area contributed by atoms with Crippen LogP contribution in [-0.4, -0.2) is 36.3 Å². The van der Waals surface area contributed by atoms with Gasteiger partial charge < -0.3 is 30.4 Å². The van der Waals surface area contributed by atoms with Gasteiger partial charge >= 0.3 is 15.2 Å². The van der Waals surface area contributed by atoms with Crippen molar-refractivity contribution in [3.05, 3.63) is 0 Å². The number of nitrogens with two attached hydrogens (primary N) is 1. The monoisotopic (exact) mass is 263 g/mol. The van der Waals surface area contributed by atoms with Crippen molar-refractivity contribution in [2.75, 3.05) is 6.54 Å². The fourth-order valence-electron chi connectivity index (χ4n) is 0.967. The Morgan fingerprint density at radius 3 is 1.67 bits per heavy atom. The molecule has 0 rings (SSSR count). The molecule has 0 bridgehead atoms. The highest BCUT2D eigenvalue weighted by Gasteiger charge is 2.58. The number of hydrogen-bond acceptors (Lipinski definition) is 4. The molecule has 0 aromatic carbocycles. The van der Waals surface area contributed by atoms with E-state index in [1.165, 1.54) is 0 Å². The average Bonchev–Trinajstić information content (AvgIpc) is 2.00. The smallest absolute Gasteiger partial charge is 0.368 e. The summed E-state index contributed by atoms with van der Waals surface area (Å²) in [6, 6.07) is 0. The second-order valence-corrected chi connectivity index (χ2v) is 7.12. The Labute approximate surface area is 86.4 Å². The lowest BCUT2D eigenvalue weighted by Crippen LogP contribution is -2.28. The van der Waals surface area contributed by atoms with Crippen LogP contribution < -0.4 is 5.73 Å². The summed E-state index contributed by atoms with van der Waals surface area (Å²) in [6.45, 7) is 0.207. The highest BCUT2D eigenvalue weighted by atomic mass is 31.2. The molecule has 0 radical (unpaired) electrons. The molecule has 92 valence electrons. The van der Waals surface area contributed by atoms with Gasteiger partial charge in [-0.2, -0.15) is 0 Å². The van der Waals surface area contributed by atoms with Crippen molar-refractivity contribution in [1.82, 2.24) is 0 Å². The molecule has 0 heterocycles. The third-order valence-electron chi connectivity index (χ3n) is 1.90. The normalized spacial score (nSPS) is 14.3. The Bertz CT molecular complexity index is 272. The SMILES string of the molecule is NCCCCC(O)(P(=O)(O)O)P(=O)(O)O. The van der Waals surface area contributed by atoms with Gasteiger partial charge in [-0.15, -0.1) is 0 Å². The van der Waals surface area contributed by atoms with Gasteiger partial charge in [0.1, 0.15) is 0 Å². The lowest BCUT2D eigenvalue weighted by atomic mass is 10.2. The van der Waals surface area contributed by atoms with Crippen LogP contribution in [0.25, 0.3) is 0 Å². The van der Waals surface area contributed by atoms with E-state index in [1.807, 2.05) is 0 Å². The maximum atomic E-state index is 10.8. The van der Waals surface area contributed by atoms with Crippen LogP contribution in [0.4, 0.5) is 0 Å². The zero-order chi connectivity index (χ0) is 12.3. The number of hydrogen-bond donors (Lipinski definition) is 6. The van der Waals surface area contributed by atoms with Crippen molar-refractivity contribution in [3.8, 4) is 0 Å². The Kier molecular flexibility index (Phi) is 5.11. The first kappa shape index (κ1) is 15.2. The van der Waals surface area contributed by atoms with Gasteiger partial charge in [0.05, 0.1) is 0 Å². The van der Waals surface area contributed by atoms with Crippen LogP contribution >= 0.6 is 15.2 Å². The molecule has 0 saturated carbocycles. The molecule has 0 fully saturated rings. The van der Waals surface area contributed by atoms with Crippen LogP contribution in [-0.2, 0) is 9.13 Å². The topological polar surface area (TPSA) is 161 Å². The van der Waals surface area contributed by atoms with Crippen molar-refractivity contribution in [2.24, 2.45) is 5.73 Å². The largest absolute Gasteiger partial charge is 0.369 e. The quantitative estimate of drug-likeness (QED) is 0.266. The molecule has 10 heteroatoms. The molecule has 7 N–H and O–H groups in total. The number of unbranched alkanes of at least 4 members (excludes halogenated alkanes) is 1. The minimum Gasteiger partial charge on any atom is -0.368 e. The van der Waals surface area contributed by atoms with Gasteiger partial charge in [0, 0.05) is 0 Å². The zero-order valence-corrected chi connectivity index (χ0v) is 9.64. The van der Waals surface area contributed by atoms with Crippen molar-refractivity contribution in [1.29, 1.82) is 0 Å². The van der Waals surface area contributed by atoms with Gasteiger partial charge in [0.2, 0.25) is 0 Å². The molecule has 0 aliphatic carbocycles. The summed E-state index contributed by atoms with van der Waals surface area (Å²) in [5.41, 5.74) is 5.11. The van der Waals surface area contributed by atoms with Crippen molar-refractivity contribution in [3.63, 3.8) is 0 Å². The van der Waals surface area contributed by atoms with Crippen molar-refractivity contribution < 1.29 is 33.8 Å². The van der Waals surface area contributed by atoms with Crippen LogP contribution in [0.5, 0.6) is 0 Å². The molecule has 0 aliphatic rings. The second kappa shape index (κ2) is 5.03. The lowest BCUT2D eigenvalue weighted by molar-refractivity contribution is 0.120. The maximum Gasteiger partial charge on any atom is 0.369 e. The first-order valence-corrected chi connectivity index (χ1v) is 7.32. The predicted octanol–water partition coefficient (Wildman–Crippen LogP) is -0.883. The van der Waals surface area contributed by atoms with Gasteiger partial charge in [0.25, 0.3) is 5.08 Å². The van der Waals surface area contributed by atoms with E-state index in [9.17, 15) is 14.2 Å². The molecule has 0 aliphatic heterocycles. The molecule has 8 nitrogen and oxygen atoms in total. The molecule has 0 saturated heterocycles. The molecular weight excluding hydrogens is 248 g/mol. The van der Waals surface area contributed by atoms with E-state index in [1.54, 1.807) is 0 Å². The lowest BCUT2D eigenvalue weighted by Gasteiger charge is -2.29. The van der Waals surface area contributed by atoms with Crippen LogP contribution in [0, 0.1) is 0 Å². The Morgan fingerprint density at radius 2 is 1.40 bits per heavy atom. The van der Waals surface area contributed by atoms with Gasteiger partial charge in [-0.3, -0.25) is 9.13 Å². The maximum absolute atomic E-state index is 10.8. The average molecular weight is 263 g/mol. The third-order valence-corrected chi connectivity index (χ3v) is 5.78. The molecule has 0 aromatic heterocycles. The fraction of sp³-hybridized carbons (Fsp3) is 1.00. The van der Waals surface area contributed by atoms with Gasteiger partial charge in [-0.1, -0.05) is 0 Å². The van der Waals surface area contributed by atoms with Crippen molar-refractivity contribution >= 4 is 15.2 Å². The van der Waals surface area contributed by atoms with E-state index >= 15 is 0 Å². The summed E-state index contributed by atoms with van der Waals surface area (Å²) < 4.78 is 21.6. The molecule has 15 heavy (non-hydrogen) atoms. The molecule has 0 aromatic rings. The molecular formula is C5H15NO7P2. The van der Waals surface area contributed by atoms with Crippen LogP contribution in [0.1, 0.15) is 19.3 Å². The third kappa shape index (κ3) is 3.62. The number of aliphatic hydroxyl groups is 1. The Morgan fingerprint density at radius 1 is 1.00 bits per heavy atom. The van der Waals surface area contributed by atoms with Gasteiger partial charge in [-0.25, -0.2) is 0 Å². The van der Waals surface area contributed by atoms with Gasteiger partial charge in [-0.05, 0) is 25.8 Å². The van der Waals surface area contributed by atoms with E-state index in [-0.39, 0.29) is 13.0 Å².